The van der Waals surface area contributed by atoms with Crippen LogP contribution in [0.4, 0.5) is 5.69 Å². The summed E-state index contributed by atoms with van der Waals surface area (Å²) in [5.41, 5.74) is 10.1. The van der Waals surface area contributed by atoms with Gasteiger partial charge in [-0.2, -0.15) is 5.10 Å². The second-order valence-corrected chi connectivity index (χ2v) is 9.79. The first-order valence-corrected chi connectivity index (χ1v) is 12.8. The summed E-state index contributed by atoms with van der Waals surface area (Å²) in [6.45, 7) is 12.2. The van der Waals surface area contributed by atoms with Gasteiger partial charge in [-0.1, -0.05) is 60.2 Å². The van der Waals surface area contributed by atoms with E-state index in [1.807, 2.05) is 0 Å². The number of rotatable bonds is 7. The Balaban J connectivity index is 1.22. The van der Waals surface area contributed by atoms with Crippen LogP contribution in [0.3, 0.4) is 0 Å². The van der Waals surface area contributed by atoms with Crippen molar-refractivity contribution in [2.75, 3.05) is 37.6 Å². The lowest BCUT2D eigenvalue weighted by Crippen LogP contribution is -2.47. The Morgan fingerprint density at radius 2 is 1.51 bits per heavy atom. The van der Waals surface area contributed by atoms with E-state index < -0.39 is 0 Å². The predicted octanol–water partition coefficient (Wildman–Crippen LogP) is 6.22. The summed E-state index contributed by atoms with van der Waals surface area (Å²) in [5.74, 6) is 0. The van der Waals surface area contributed by atoms with E-state index in [1.54, 1.807) is 0 Å². The van der Waals surface area contributed by atoms with Crippen molar-refractivity contribution in [2.45, 2.75) is 33.6 Å². The maximum Gasteiger partial charge on any atom is 0.0743 e. The number of anilines is 1. The fraction of sp³-hybridized carbons (Fsp3) is 0.323. The van der Waals surface area contributed by atoms with Gasteiger partial charge in [0.25, 0.3) is 0 Å². The molecule has 1 fully saturated rings. The lowest BCUT2D eigenvalue weighted by molar-refractivity contribution is 0.254. The highest BCUT2D eigenvalue weighted by atomic mass is 15.3. The van der Waals surface area contributed by atoms with E-state index in [9.17, 15) is 0 Å². The molecule has 0 unspecified atom stereocenters. The Morgan fingerprint density at radius 3 is 2.26 bits per heavy atom. The fourth-order valence-electron chi connectivity index (χ4n) is 5.02. The third-order valence-electron chi connectivity index (χ3n) is 7.30. The lowest BCUT2D eigenvalue weighted by atomic mass is 10.1. The Hall–Kier alpha value is -3.37. The van der Waals surface area contributed by atoms with Crippen molar-refractivity contribution in [3.8, 4) is 16.9 Å². The van der Waals surface area contributed by atoms with Crippen molar-refractivity contribution in [3.63, 3.8) is 0 Å². The van der Waals surface area contributed by atoms with Crippen molar-refractivity contribution in [3.05, 3.63) is 101 Å². The highest BCUT2D eigenvalue weighted by molar-refractivity contribution is 5.63. The number of piperazine rings is 1. The first-order chi connectivity index (χ1) is 17.1. The molecule has 4 heteroatoms. The van der Waals surface area contributed by atoms with Crippen molar-refractivity contribution in [2.24, 2.45) is 0 Å². The number of nitrogens with zero attached hydrogens (tertiary/aromatic N) is 4. The van der Waals surface area contributed by atoms with Crippen molar-refractivity contribution in [1.29, 1.82) is 0 Å². The molecule has 1 aliphatic rings. The van der Waals surface area contributed by atoms with Crippen LogP contribution in [0.5, 0.6) is 0 Å². The molecule has 2 heterocycles. The van der Waals surface area contributed by atoms with E-state index in [-0.39, 0.29) is 0 Å². The van der Waals surface area contributed by atoms with Crippen LogP contribution in [0.1, 0.15) is 28.8 Å². The van der Waals surface area contributed by atoms with Crippen LogP contribution in [0, 0.1) is 20.8 Å². The topological polar surface area (TPSA) is 24.3 Å². The minimum Gasteiger partial charge on any atom is -0.369 e. The van der Waals surface area contributed by atoms with Gasteiger partial charge >= 0.3 is 0 Å². The van der Waals surface area contributed by atoms with Crippen LogP contribution in [0.2, 0.25) is 0 Å². The van der Waals surface area contributed by atoms with Gasteiger partial charge in [-0.25, -0.2) is 4.68 Å². The molecule has 0 aliphatic carbocycles. The van der Waals surface area contributed by atoms with E-state index in [1.165, 1.54) is 33.6 Å². The van der Waals surface area contributed by atoms with Gasteiger partial charge < -0.3 is 4.90 Å². The Bertz CT molecular complexity index is 1250. The van der Waals surface area contributed by atoms with Crippen molar-refractivity contribution < 1.29 is 0 Å². The molecule has 0 spiro atoms. The quantitative estimate of drug-likeness (QED) is 0.324. The third-order valence-corrected chi connectivity index (χ3v) is 7.30. The summed E-state index contributed by atoms with van der Waals surface area (Å²) in [6, 6.07) is 28.2. The molecule has 3 aromatic carbocycles. The Labute approximate surface area is 209 Å². The summed E-state index contributed by atoms with van der Waals surface area (Å²) in [4.78, 5) is 5.16. The van der Waals surface area contributed by atoms with Gasteiger partial charge in [0, 0.05) is 37.4 Å². The number of para-hydroxylation sites is 1. The molecular formula is C31H36N4. The zero-order valence-electron chi connectivity index (χ0n) is 21.2. The van der Waals surface area contributed by atoms with E-state index in [2.05, 4.69) is 114 Å². The van der Waals surface area contributed by atoms with Crippen LogP contribution >= 0.6 is 0 Å². The Morgan fingerprint density at radius 1 is 0.771 bits per heavy atom. The fourth-order valence-corrected chi connectivity index (χ4v) is 5.02. The summed E-state index contributed by atoms with van der Waals surface area (Å²) in [5, 5.41) is 5.02. The molecule has 180 valence electrons. The molecule has 1 saturated heterocycles. The first-order valence-electron chi connectivity index (χ1n) is 12.8. The molecule has 0 atom stereocenters. The van der Waals surface area contributed by atoms with Gasteiger partial charge in [0.1, 0.15) is 0 Å². The molecule has 0 amide bonds. The molecule has 4 aromatic rings. The standard InChI is InChI=1S/C31H36N4/c1-24-14-16-27(17-15-24)31-23-28(32-35(31)29-11-5-4-6-12-29)10-8-18-33-19-21-34(22-20-33)30-13-7-9-25(2)26(30)3/h4-7,9,11-17,23H,8,10,18-22H2,1-3H3. The molecule has 4 nitrogen and oxygen atoms in total. The minimum absolute atomic E-state index is 0.996. The van der Waals surface area contributed by atoms with E-state index in [0.717, 1.165) is 56.9 Å². The first kappa shape index (κ1) is 23.4. The molecule has 1 aromatic heterocycles. The second kappa shape index (κ2) is 10.5. The lowest BCUT2D eigenvalue weighted by Gasteiger charge is -2.37. The molecule has 35 heavy (non-hydrogen) atoms. The summed E-state index contributed by atoms with van der Waals surface area (Å²) in [6.07, 6.45) is 2.12. The van der Waals surface area contributed by atoms with E-state index in [0.29, 0.717) is 0 Å². The number of hydrogen-bond acceptors (Lipinski definition) is 3. The van der Waals surface area contributed by atoms with Gasteiger partial charge in [0.2, 0.25) is 0 Å². The molecule has 1 aliphatic heterocycles. The average Bonchev–Trinajstić information content (AvgIpc) is 3.31. The molecular weight excluding hydrogens is 428 g/mol. The van der Waals surface area contributed by atoms with Crippen LogP contribution < -0.4 is 4.90 Å². The van der Waals surface area contributed by atoms with Crippen LogP contribution in [0.15, 0.2) is 78.9 Å². The van der Waals surface area contributed by atoms with Crippen molar-refractivity contribution >= 4 is 5.69 Å². The highest BCUT2D eigenvalue weighted by Gasteiger charge is 2.19. The number of hydrogen-bond donors (Lipinski definition) is 0. The molecule has 0 radical (unpaired) electrons. The van der Waals surface area contributed by atoms with Gasteiger partial charge in [-0.05, 0) is 75.5 Å². The highest BCUT2D eigenvalue weighted by Crippen LogP contribution is 2.26. The van der Waals surface area contributed by atoms with Crippen LogP contribution in [-0.2, 0) is 6.42 Å². The SMILES string of the molecule is Cc1ccc(-c2cc(CCCN3CCN(c4cccc(C)c4C)CC3)nn2-c2ccccc2)cc1. The minimum atomic E-state index is 0.996. The van der Waals surface area contributed by atoms with Crippen molar-refractivity contribution in [1.82, 2.24) is 14.7 Å². The van der Waals surface area contributed by atoms with Gasteiger partial charge in [-0.15, -0.1) is 0 Å². The molecule has 0 bridgehead atoms. The van der Waals surface area contributed by atoms with Gasteiger partial charge in [0.05, 0.1) is 17.1 Å². The third kappa shape index (κ3) is 5.33. The van der Waals surface area contributed by atoms with Gasteiger partial charge in [0.15, 0.2) is 0 Å². The maximum atomic E-state index is 5.02. The summed E-state index contributed by atoms with van der Waals surface area (Å²) >= 11 is 0. The summed E-state index contributed by atoms with van der Waals surface area (Å²) < 4.78 is 2.10. The monoisotopic (exact) mass is 464 g/mol. The summed E-state index contributed by atoms with van der Waals surface area (Å²) in [7, 11) is 0. The zero-order chi connectivity index (χ0) is 24.2. The van der Waals surface area contributed by atoms with Gasteiger partial charge in [-0.3, -0.25) is 4.90 Å². The second-order valence-electron chi connectivity index (χ2n) is 9.79. The largest absolute Gasteiger partial charge is 0.369 e. The number of benzene rings is 3. The maximum absolute atomic E-state index is 5.02. The molecule has 0 N–H and O–H groups in total. The number of aromatic nitrogens is 2. The van der Waals surface area contributed by atoms with Crippen LogP contribution in [0.25, 0.3) is 16.9 Å². The normalized spacial score (nSPS) is 14.4. The predicted molar refractivity (Wildman–Crippen MR) is 147 cm³/mol. The number of aryl methyl sites for hydroxylation is 3. The van der Waals surface area contributed by atoms with E-state index in [4.69, 9.17) is 5.10 Å². The smallest absolute Gasteiger partial charge is 0.0743 e. The zero-order valence-corrected chi connectivity index (χ0v) is 21.2. The average molecular weight is 465 g/mol. The molecule has 5 rings (SSSR count). The Kier molecular flexibility index (Phi) is 7.01. The molecule has 0 saturated carbocycles. The van der Waals surface area contributed by atoms with Crippen LogP contribution in [-0.4, -0.2) is 47.4 Å². The van der Waals surface area contributed by atoms with E-state index >= 15 is 0 Å².